The van der Waals surface area contributed by atoms with Crippen molar-refractivity contribution in [2.24, 2.45) is 5.41 Å². The molecule has 7 heteroatoms. The predicted molar refractivity (Wildman–Crippen MR) is 127 cm³/mol. The monoisotopic (exact) mass is 462 g/mol. The van der Waals surface area contributed by atoms with Gasteiger partial charge in [0, 0.05) is 22.9 Å². The van der Waals surface area contributed by atoms with Crippen LogP contribution in [0.2, 0.25) is 0 Å². The molecule has 0 spiro atoms. The highest BCUT2D eigenvalue weighted by molar-refractivity contribution is 7.91. The van der Waals surface area contributed by atoms with Crippen LogP contribution in [0.1, 0.15) is 30.1 Å². The summed E-state index contributed by atoms with van der Waals surface area (Å²) >= 11 is 0. The third-order valence-electron chi connectivity index (χ3n) is 6.29. The van der Waals surface area contributed by atoms with Crippen molar-refractivity contribution in [1.82, 2.24) is 9.78 Å². The summed E-state index contributed by atoms with van der Waals surface area (Å²) in [6.45, 7) is 1.87. The van der Waals surface area contributed by atoms with E-state index in [9.17, 15) is 17.6 Å². The molecule has 0 amide bonds. The SMILES string of the molecule is CC1(CC(=O)c2ccc3c(-c4ccccc4)nn(-c4ccc(F)cc4)c3c2)CCS(=O)(=O)C1. The van der Waals surface area contributed by atoms with E-state index < -0.39 is 15.3 Å². The first-order valence-corrected chi connectivity index (χ1v) is 12.6. The van der Waals surface area contributed by atoms with Crippen molar-refractivity contribution in [2.75, 3.05) is 11.5 Å². The molecule has 33 heavy (non-hydrogen) atoms. The fourth-order valence-electron chi connectivity index (χ4n) is 4.58. The summed E-state index contributed by atoms with van der Waals surface area (Å²) in [7, 11) is -3.09. The molecule has 0 saturated carbocycles. The van der Waals surface area contributed by atoms with Gasteiger partial charge in [0.15, 0.2) is 15.6 Å². The summed E-state index contributed by atoms with van der Waals surface area (Å²) in [5.74, 6) is -0.258. The Kier molecular flexibility index (Phi) is 5.16. The average molecular weight is 463 g/mol. The number of ketones is 1. The van der Waals surface area contributed by atoms with E-state index in [4.69, 9.17) is 5.10 Å². The number of carbonyl (C=O) groups is 1. The molecule has 1 aromatic heterocycles. The predicted octanol–water partition coefficient (Wildman–Crippen LogP) is 5.23. The first-order chi connectivity index (χ1) is 15.7. The van der Waals surface area contributed by atoms with Crippen LogP contribution in [0.4, 0.5) is 4.39 Å². The Morgan fingerprint density at radius 1 is 1.06 bits per heavy atom. The Hall–Kier alpha value is -3.32. The standard InChI is InChI=1S/C26H23FN2O3S/c1-26(13-14-33(31,32)17-26)16-24(30)19-7-12-22-23(15-19)29(21-10-8-20(27)9-11-21)28-25(22)18-5-3-2-4-6-18/h2-12,15H,13-14,16-17H2,1H3. The minimum Gasteiger partial charge on any atom is -0.294 e. The second-order valence-corrected chi connectivity index (χ2v) is 11.3. The number of benzene rings is 3. The van der Waals surface area contributed by atoms with Gasteiger partial charge in [-0.3, -0.25) is 4.79 Å². The van der Waals surface area contributed by atoms with Gasteiger partial charge in [-0.15, -0.1) is 0 Å². The minimum absolute atomic E-state index is 0.0413. The molecule has 0 N–H and O–H groups in total. The van der Waals surface area contributed by atoms with Crippen LogP contribution in [0.5, 0.6) is 0 Å². The van der Waals surface area contributed by atoms with Crippen LogP contribution in [0.3, 0.4) is 0 Å². The Balaban J connectivity index is 1.59. The van der Waals surface area contributed by atoms with E-state index in [0.717, 1.165) is 22.2 Å². The lowest BCUT2D eigenvalue weighted by atomic mass is 9.83. The first-order valence-electron chi connectivity index (χ1n) is 10.8. The van der Waals surface area contributed by atoms with Gasteiger partial charge in [-0.2, -0.15) is 5.10 Å². The van der Waals surface area contributed by atoms with Crippen molar-refractivity contribution < 1.29 is 17.6 Å². The molecular weight excluding hydrogens is 439 g/mol. The molecule has 1 aliphatic rings. The number of nitrogens with zero attached hydrogens (tertiary/aromatic N) is 2. The fourth-order valence-corrected chi connectivity index (χ4v) is 6.84. The van der Waals surface area contributed by atoms with E-state index in [1.165, 1.54) is 12.1 Å². The molecule has 4 aromatic rings. The van der Waals surface area contributed by atoms with E-state index in [1.807, 2.05) is 43.3 Å². The van der Waals surface area contributed by atoms with Gasteiger partial charge < -0.3 is 0 Å². The normalized spacial score (nSPS) is 19.7. The quantitative estimate of drug-likeness (QED) is 0.381. The number of aromatic nitrogens is 2. The number of sulfone groups is 1. The van der Waals surface area contributed by atoms with Crippen LogP contribution in [0, 0.1) is 11.2 Å². The van der Waals surface area contributed by atoms with E-state index >= 15 is 0 Å². The second-order valence-electron chi connectivity index (χ2n) is 9.09. The van der Waals surface area contributed by atoms with Crippen LogP contribution in [-0.4, -0.2) is 35.5 Å². The van der Waals surface area contributed by atoms with Crippen LogP contribution in [0.25, 0.3) is 27.8 Å². The van der Waals surface area contributed by atoms with Gasteiger partial charge in [-0.1, -0.05) is 43.3 Å². The number of rotatable bonds is 5. The molecule has 1 fully saturated rings. The van der Waals surface area contributed by atoms with Gasteiger partial charge in [0.1, 0.15) is 11.5 Å². The van der Waals surface area contributed by atoms with Crippen LogP contribution >= 0.6 is 0 Å². The van der Waals surface area contributed by atoms with Gasteiger partial charge >= 0.3 is 0 Å². The molecule has 1 unspecified atom stereocenters. The molecule has 5 rings (SSSR count). The van der Waals surface area contributed by atoms with Crippen molar-refractivity contribution in [1.29, 1.82) is 0 Å². The van der Waals surface area contributed by atoms with E-state index in [2.05, 4.69) is 0 Å². The summed E-state index contributed by atoms with van der Waals surface area (Å²) in [6.07, 6.45) is 0.670. The van der Waals surface area contributed by atoms with Gasteiger partial charge in [0.25, 0.3) is 0 Å². The van der Waals surface area contributed by atoms with Gasteiger partial charge in [0.05, 0.1) is 22.7 Å². The smallest absolute Gasteiger partial charge is 0.163 e. The van der Waals surface area contributed by atoms with E-state index in [0.29, 0.717) is 17.7 Å². The molecule has 1 saturated heterocycles. The first kappa shape index (κ1) is 21.5. The summed E-state index contributed by atoms with van der Waals surface area (Å²) in [5, 5.41) is 5.67. The summed E-state index contributed by atoms with van der Waals surface area (Å²) in [6, 6.07) is 21.3. The highest BCUT2D eigenvalue weighted by atomic mass is 32.2. The third-order valence-corrected chi connectivity index (χ3v) is 8.26. The lowest BCUT2D eigenvalue weighted by Gasteiger charge is -2.20. The fraction of sp³-hybridized carbons (Fsp3) is 0.231. The average Bonchev–Trinajstić information content (AvgIpc) is 3.31. The molecule has 2 heterocycles. The number of Topliss-reactive ketones (excluding diaryl/α,β-unsaturated/α-hetero) is 1. The van der Waals surface area contributed by atoms with Crippen molar-refractivity contribution in [3.8, 4) is 16.9 Å². The number of halogens is 1. The topological polar surface area (TPSA) is 69.0 Å². The van der Waals surface area contributed by atoms with E-state index in [1.54, 1.807) is 28.9 Å². The van der Waals surface area contributed by atoms with E-state index in [-0.39, 0.29) is 29.5 Å². The Morgan fingerprint density at radius 2 is 1.79 bits per heavy atom. The summed E-state index contributed by atoms with van der Waals surface area (Å²) in [5.41, 5.74) is 3.08. The lowest BCUT2D eigenvalue weighted by Crippen LogP contribution is -2.22. The number of fused-ring (bicyclic) bond motifs is 1. The summed E-state index contributed by atoms with van der Waals surface area (Å²) in [4.78, 5) is 13.2. The minimum atomic E-state index is -3.09. The van der Waals surface area contributed by atoms with Crippen molar-refractivity contribution in [3.63, 3.8) is 0 Å². The van der Waals surface area contributed by atoms with Crippen molar-refractivity contribution in [3.05, 3.63) is 84.2 Å². The Bertz CT molecular complexity index is 1460. The highest BCUT2D eigenvalue weighted by Crippen LogP contribution is 2.37. The molecule has 168 valence electrons. The van der Waals surface area contributed by atoms with Gasteiger partial charge in [-0.05, 0) is 48.2 Å². The van der Waals surface area contributed by atoms with Gasteiger partial charge in [-0.25, -0.2) is 17.5 Å². The zero-order valence-electron chi connectivity index (χ0n) is 18.2. The number of hydrogen-bond acceptors (Lipinski definition) is 4. The molecule has 1 aliphatic heterocycles. The van der Waals surface area contributed by atoms with Crippen LogP contribution < -0.4 is 0 Å². The maximum absolute atomic E-state index is 13.5. The summed E-state index contributed by atoms with van der Waals surface area (Å²) < 4.78 is 39.1. The molecule has 5 nitrogen and oxygen atoms in total. The highest BCUT2D eigenvalue weighted by Gasteiger charge is 2.39. The Morgan fingerprint density at radius 3 is 2.45 bits per heavy atom. The van der Waals surface area contributed by atoms with Crippen LogP contribution in [0.15, 0.2) is 72.8 Å². The number of carbonyl (C=O) groups excluding carboxylic acids is 1. The van der Waals surface area contributed by atoms with Crippen LogP contribution in [-0.2, 0) is 9.84 Å². The van der Waals surface area contributed by atoms with Gasteiger partial charge in [0.2, 0.25) is 0 Å². The largest absolute Gasteiger partial charge is 0.294 e. The molecule has 1 atom stereocenters. The number of hydrogen-bond donors (Lipinski definition) is 0. The van der Waals surface area contributed by atoms with Crippen molar-refractivity contribution >= 4 is 26.5 Å². The molecule has 3 aromatic carbocycles. The second kappa shape index (κ2) is 7.92. The zero-order chi connectivity index (χ0) is 23.2. The molecular formula is C26H23FN2O3S. The Labute approximate surface area is 191 Å². The maximum atomic E-state index is 13.5. The zero-order valence-corrected chi connectivity index (χ0v) is 19.0. The third kappa shape index (κ3) is 4.20. The maximum Gasteiger partial charge on any atom is 0.163 e. The van der Waals surface area contributed by atoms with Crippen molar-refractivity contribution in [2.45, 2.75) is 19.8 Å². The lowest BCUT2D eigenvalue weighted by molar-refractivity contribution is 0.0934. The molecule has 0 bridgehead atoms. The molecule has 0 radical (unpaired) electrons. The molecule has 0 aliphatic carbocycles.